The smallest absolute Gasteiger partial charge is 0.336 e. The first-order valence-corrected chi connectivity index (χ1v) is 14.8. The minimum Gasteiger partial charge on any atom is -0.494 e. The van der Waals surface area contributed by atoms with Crippen LogP contribution in [-0.2, 0) is 4.79 Å². The molecule has 0 aliphatic rings. The normalized spacial score (nSPS) is 11.2. The van der Waals surface area contributed by atoms with Gasteiger partial charge in [0.2, 0.25) is 0 Å². The maximum Gasteiger partial charge on any atom is 0.336 e. The number of ketones is 1. The predicted molar refractivity (Wildman–Crippen MR) is 167 cm³/mol. The second-order valence-corrected chi connectivity index (χ2v) is 9.87. The summed E-state index contributed by atoms with van der Waals surface area (Å²) in [6, 6.07) is 21.7. The Hall–Kier alpha value is -4.12. The number of unbranched alkanes of at least 4 members (excludes halogenated alkanes) is 7. The summed E-state index contributed by atoms with van der Waals surface area (Å²) in [4.78, 5) is 24.8. The van der Waals surface area contributed by atoms with E-state index in [-0.39, 0.29) is 5.78 Å². The quantitative estimate of drug-likeness (QED) is 0.0516. The van der Waals surface area contributed by atoms with Gasteiger partial charge in [0.1, 0.15) is 17.2 Å². The van der Waals surface area contributed by atoms with Gasteiger partial charge >= 0.3 is 5.97 Å². The van der Waals surface area contributed by atoms with Crippen LogP contribution in [0.25, 0.3) is 12.2 Å². The first kappa shape index (κ1) is 31.4. The van der Waals surface area contributed by atoms with Crippen molar-refractivity contribution in [2.45, 2.75) is 65.2 Å². The molecule has 0 aliphatic carbocycles. The highest BCUT2D eigenvalue weighted by atomic mass is 16.5. The molecule has 3 aromatic rings. The largest absolute Gasteiger partial charge is 0.494 e. The van der Waals surface area contributed by atoms with Gasteiger partial charge < -0.3 is 14.2 Å². The number of carbonyl (C=O) groups is 2. The molecule has 0 radical (unpaired) electrons. The van der Waals surface area contributed by atoms with Crippen molar-refractivity contribution in [3.05, 3.63) is 102 Å². The minimum absolute atomic E-state index is 0.131. The van der Waals surface area contributed by atoms with Gasteiger partial charge in [-0.3, -0.25) is 4.79 Å². The molecule has 0 unspecified atom stereocenters. The number of hydrogen-bond acceptors (Lipinski definition) is 5. The van der Waals surface area contributed by atoms with Gasteiger partial charge in [-0.15, -0.1) is 0 Å². The Bertz CT molecular complexity index is 1240. The molecule has 3 aromatic carbocycles. The number of rotatable bonds is 18. The van der Waals surface area contributed by atoms with Crippen LogP contribution in [-0.4, -0.2) is 25.0 Å². The number of hydrogen-bond donors (Lipinski definition) is 0. The molecule has 0 aliphatic heterocycles. The molecular weight excluding hydrogens is 512 g/mol. The summed E-state index contributed by atoms with van der Waals surface area (Å²) in [5.74, 6) is 1.37. The maximum absolute atomic E-state index is 12.6. The van der Waals surface area contributed by atoms with E-state index < -0.39 is 5.97 Å². The Morgan fingerprint density at radius 2 is 1.10 bits per heavy atom. The third-order valence-corrected chi connectivity index (χ3v) is 6.53. The lowest BCUT2D eigenvalue weighted by Crippen LogP contribution is -2.04. The molecule has 0 amide bonds. The van der Waals surface area contributed by atoms with Gasteiger partial charge in [0.05, 0.1) is 13.2 Å². The van der Waals surface area contributed by atoms with Crippen LogP contribution in [0.15, 0.2) is 84.9 Å². The van der Waals surface area contributed by atoms with Crippen LogP contribution < -0.4 is 14.2 Å². The van der Waals surface area contributed by atoms with Crippen LogP contribution in [0, 0.1) is 0 Å². The Labute approximate surface area is 244 Å². The molecular formula is C36H42O5. The molecule has 0 fully saturated rings. The molecule has 0 bridgehead atoms. The van der Waals surface area contributed by atoms with E-state index >= 15 is 0 Å². The van der Waals surface area contributed by atoms with E-state index in [2.05, 4.69) is 6.92 Å². The van der Waals surface area contributed by atoms with Crippen LogP contribution in [0.4, 0.5) is 0 Å². The van der Waals surface area contributed by atoms with Crippen molar-refractivity contribution in [1.29, 1.82) is 0 Å². The van der Waals surface area contributed by atoms with E-state index in [0.29, 0.717) is 17.9 Å². The Morgan fingerprint density at radius 3 is 1.68 bits per heavy atom. The van der Waals surface area contributed by atoms with E-state index in [1.165, 1.54) is 57.1 Å². The van der Waals surface area contributed by atoms with E-state index in [9.17, 15) is 9.59 Å². The van der Waals surface area contributed by atoms with E-state index in [1.807, 2.05) is 55.5 Å². The highest BCUT2D eigenvalue weighted by Crippen LogP contribution is 2.17. The van der Waals surface area contributed by atoms with Crippen LogP contribution in [0.2, 0.25) is 0 Å². The highest BCUT2D eigenvalue weighted by Gasteiger charge is 2.05. The Morgan fingerprint density at radius 1 is 0.585 bits per heavy atom. The van der Waals surface area contributed by atoms with Crippen molar-refractivity contribution >= 4 is 23.9 Å². The number of carbonyl (C=O) groups excluding carboxylic acids is 2. The number of benzene rings is 3. The fraction of sp³-hybridized carbons (Fsp3) is 0.333. The molecule has 0 aromatic heterocycles. The fourth-order valence-electron chi connectivity index (χ4n) is 4.21. The summed E-state index contributed by atoms with van der Waals surface area (Å²) in [6.45, 7) is 5.50. The average molecular weight is 555 g/mol. The molecule has 3 rings (SSSR count). The van der Waals surface area contributed by atoms with Gasteiger partial charge in [-0.05, 0) is 85.2 Å². The lowest BCUT2D eigenvalue weighted by molar-refractivity contribution is -0.128. The molecule has 0 saturated carbocycles. The van der Waals surface area contributed by atoms with E-state index in [0.717, 1.165) is 35.7 Å². The number of ether oxygens (including phenoxy) is 3. The first-order chi connectivity index (χ1) is 20.1. The Kier molecular flexibility index (Phi) is 14.0. The SMILES string of the molecule is CCCCCCCCCCOc1ccc(/C=C/C(=O)c2ccc(OC(=O)/C=C/c3ccc(OCC)cc3)cc2)cc1. The zero-order valence-electron chi connectivity index (χ0n) is 24.3. The zero-order chi connectivity index (χ0) is 29.1. The van der Waals surface area contributed by atoms with Crippen molar-refractivity contribution in [3.63, 3.8) is 0 Å². The van der Waals surface area contributed by atoms with Crippen molar-refractivity contribution < 1.29 is 23.8 Å². The van der Waals surface area contributed by atoms with Crippen LogP contribution in [0.3, 0.4) is 0 Å². The second-order valence-electron chi connectivity index (χ2n) is 9.87. The molecule has 0 atom stereocenters. The van der Waals surface area contributed by atoms with E-state index in [1.54, 1.807) is 36.4 Å². The van der Waals surface area contributed by atoms with Crippen molar-refractivity contribution in [2.24, 2.45) is 0 Å². The van der Waals surface area contributed by atoms with Gasteiger partial charge in [-0.25, -0.2) is 4.79 Å². The maximum atomic E-state index is 12.6. The highest BCUT2D eigenvalue weighted by molar-refractivity contribution is 6.06. The molecule has 0 spiro atoms. The summed E-state index contributed by atoms with van der Waals surface area (Å²) in [5.41, 5.74) is 2.29. The van der Waals surface area contributed by atoms with Crippen molar-refractivity contribution in [3.8, 4) is 17.2 Å². The zero-order valence-corrected chi connectivity index (χ0v) is 24.3. The van der Waals surface area contributed by atoms with Gasteiger partial charge in [0, 0.05) is 11.6 Å². The molecule has 5 nitrogen and oxygen atoms in total. The lowest BCUT2D eigenvalue weighted by atomic mass is 10.1. The van der Waals surface area contributed by atoms with Crippen LogP contribution >= 0.6 is 0 Å². The Balaban J connectivity index is 1.38. The van der Waals surface area contributed by atoms with Gasteiger partial charge in [0.15, 0.2) is 5.78 Å². The summed E-state index contributed by atoms with van der Waals surface area (Å²) in [7, 11) is 0. The van der Waals surface area contributed by atoms with E-state index in [4.69, 9.17) is 14.2 Å². The molecule has 216 valence electrons. The lowest BCUT2D eigenvalue weighted by Gasteiger charge is -2.06. The first-order valence-electron chi connectivity index (χ1n) is 14.8. The number of esters is 1. The molecule has 0 N–H and O–H groups in total. The summed E-state index contributed by atoms with van der Waals surface area (Å²) in [6.07, 6.45) is 16.6. The van der Waals surface area contributed by atoms with Gasteiger partial charge in [0.25, 0.3) is 0 Å². The standard InChI is InChI=1S/C36H42O5/c1-3-5-6-7-8-9-10-11-28-40-33-22-14-29(15-23-33)16-26-35(37)31-18-24-34(25-19-31)41-36(38)27-17-30-12-20-32(21-13-30)39-4-2/h12-27H,3-11,28H2,1-2H3/b26-16+,27-17+. The third kappa shape index (κ3) is 12.3. The van der Waals surface area contributed by atoms with Crippen molar-refractivity contribution in [2.75, 3.05) is 13.2 Å². The molecule has 41 heavy (non-hydrogen) atoms. The van der Waals surface area contributed by atoms with Crippen LogP contribution in [0.5, 0.6) is 17.2 Å². The predicted octanol–water partition coefficient (Wildman–Crippen LogP) is 9.12. The minimum atomic E-state index is -0.497. The molecule has 0 heterocycles. The van der Waals surface area contributed by atoms with Gasteiger partial charge in [-0.2, -0.15) is 0 Å². The second kappa shape index (κ2) is 18.3. The van der Waals surface area contributed by atoms with Crippen LogP contribution in [0.1, 0.15) is 86.7 Å². The van der Waals surface area contributed by atoms with Gasteiger partial charge in [-0.1, -0.05) is 82.2 Å². The summed E-state index contributed by atoms with van der Waals surface area (Å²) >= 11 is 0. The molecule has 5 heteroatoms. The summed E-state index contributed by atoms with van der Waals surface area (Å²) in [5, 5.41) is 0. The average Bonchev–Trinajstić information content (AvgIpc) is 3.00. The third-order valence-electron chi connectivity index (χ3n) is 6.53. The monoisotopic (exact) mass is 554 g/mol. The summed E-state index contributed by atoms with van der Waals surface area (Å²) < 4.78 is 16.6. The van der Waals surface area contributed by atoms with Crippen molar-refractivity contribution in [1.82, 2.24) is 0 Å². The topological polar surface area (TPSA) is 61.8 Å². The molecule has 0 saturated heterocycles. The fourth-order valence-corrected chi connectivity index (χ4v) is 4.21. The number of allylic oxidation sites excluding steroid dienone is 1.